The molecule has 0 aliphatic carbocycles. The maximum Gasteiger partial charge on any atom is -0.00368 e. The van der Waals surface area contributed by atoms with E-state index in [1.807, 2.05) is 0 Å². The summed E-state index contributed by atoms with van der Waals surface area (Å²) >= 11 is 0. The molecule has 0 bridgehead atoms. The van der Waals surface area contributed by atoms with E-state index in [1.54, 1.807) is 0 Å². The van der Waals surface area contributed by atoms with E-state index in [0.29, 0.717) is 0 Å². The Hall–Kier alpha value is 0.170. The molecule has 0 unspecified atom stereocenters. The van der Waals surface area contributed by atoms with Crippen molar-refractivity contribution < 1.29 is 0 Å². The van der Waals surface area contributed by atoms with Crippen LogP contribution in [0.5, 0.6) is 0 Å². The highest BCUT2D eigenvalue weighted by Crippen LogP contribution is 1.84. The molecule has 4 heteroatoms. The molecule has 3 nitrogen and oxygen atoms in total. The molecule has 0 saturated heterocycles. The fraction of sp³-hybridized carbons (Fsp3) is 1.00. The molecule has 0 aliphatic heterocycles. The van der Waals surface area contributed by atoms with Gasteiger partial charge in [-0.1, -0.05) is 26.7 Å². The van der Waals surface area contributed by atoms with Gasteiger partial charge in [-0.25, -0.2) is 0 Å². The first kappa shape index (κ1) is 20.5. The first-order chi connectivity index (χ1) is 8.41. The molecule has 0 aromatic heterocycles. The molecule has 0 atom stereocenters. The van der Waals surface area contributed by atoms with Gasteiger partial charge in [-0.15, -0.1) is 12.4 Å². The summed E-state index contributed by atoms with van der Waals surface area (Å²) in [5.41, 5.74) is 0. The van der Waals surface area contributed by atoms with Crippen molar-refractivity contribution in [2.75, 3.05) is 39.3 Å². The molecular formula is C14H34ClN3. The lowest BCUT2D eigenvalue weighted by Crippen LogP contribution is -2.25. The van der Waals surface area contributed by atoms with Gasteiger partial charge in [0.15, 0.2) is 0 Å². The van der Waals surface area contributed by atoms with Crippen LogP contribution in [-0.2, 0) is 0 Å². The minimum Gasteiger partial charge on any atom is -0.317 e. The Morgan fingerprint density at radius 3 is 1.06 bits per heavy atom. The Kier molecular flexibility index (Phi) is 22.2. The first-order valence-electron chi connectivity index (χ1n) is 7.54. The summed E-state index contributed by atoms with van der Waals surface area (Å²) in [5.74, 6) is 0. The second-order valence-electron chi connectivity index (χ2n) is 4.66. The van der Waals surface area contributed by atoms with Crippen molar-refractivity contribution in [3.63, 3.8) is 0 Å². The van der Waals surface area contributed by atoms with Gasteiger partial charge in [-0.3, -0.25) is 0 Å². The van der Waals surface area contributed by atoms with Crippen molar-refractivity contribution in [3.8, 4) is 0 Å². The standard InChI is InChI=1S/C14H33N3.ClH/c1-3-5-9-15-11-7-13-17-14-8-12-16-10-6-4-2;/h15-17H,3-14H2,1-2H3;1H. The van der Waals surface area contributed by atoms with Crippen LogP contribution in [0.4, 0.5) is 0 Å². The second kappa shape index (κ2) is 19.5. The molecule has 3 N–H and O–H groups in total. The molecule has 112 valence electrons. The van der Waals surface area contributed by atoms with E-state index < -0.39 is 0 Å². The van der Waals surface area contributed by atoms with Gasteiger partial charge >= 0.3 is 0 Å². The maximum atomic E-state index is 3.49. The van der Waals surface area contributed by atoms with Gasteiger partial charge in [0.2, 0.25) is 0 Å². The van der Waals surface area contributed by atoms with Crippen molar-refractivity contribution in [2.45, 2.75) is 52.4 Å². The van der Waals surface area contributed by atoms with Crippen molar-refractivity contribution in [3.05, 3.63) is 0 Å². The van der Waals surface area contributed by atoms with E-state index in [-0.39, 0.29) is 12.4 Å². The van der Waals surface area contributed by atoms with Crippen molar-refractivity contribution in [2.24, 2.45) is 0 Å². The zero-order valence-electron chi connectivity index (χ0n) is 12.4. The smallest absolute Gasteiger partial charge is 0.00368 e. The van der Waals surface area contributed by atoms with E-state index in [1.165, 1.54) is 51.6 Å². The predicted molar refractivity (Wildman–Crippen MR) is 84.9 cm³/mol. The lowest BCUT2D eigenvalue weighted by atomic mass is 10.3. The average Bonchev–Trinajstić information content (AvgIpc) is 2.35. The summed E-state index contributed by atoms with van der Waals surface area (Å²) in [6.45, 7) is 11.4. The molecule has 0 aliphatic rings. The molecule has 0 aromatic rings. The van der Waals surface area contributed by atoms with Crippen LogP contribution in [0.1, 0.15) is 52.4 Å². The van der Waals surface area contributed by atoms with Gasteiger partial charge in [0.1, 0.15) is 0 Å². The monoisotopic (exact) mass is 279 g/mol. The third-order valence-corrected chi connectivity index (χ3v) is 2.83. The summed E-state index contributed by atoms with van der Waals surface area (Å²) < 4.78 is 0. The molecule has 0 rings (SSSR count). The maximum absolute atomic E-state index is 3.49. The second-order valence-corrected chi connectivity index (χ2v) is 4.66. The van der Waals surface area contributed by atoms with Gasteiger partial charge in [-0.05, 0) is 65.0 Å². The number of halogens is 1. The van der Waals surface area contributed by atoms with Crippen LogP contribution in [0, 0.1) is 0 Å². The number of unbranched alkanes of at least 4 members (excludes halogenated alkanes) is 2. The van der Waals surface area contributed by atoms with Crippen LogP contribution in [0.15, 0.2) is 0 Å². The molecular weight excluding hydrogens is 246 g/mol. The highest BCUT2D eigenvalue weighted by atomic mass is 35.5. The van der Waals surface area contributed by atoms with E-state index in [0.717, 1.165) is 26.2 Å². The van der Waals surface area contributed by atoms with Gasteiger partial charge in [0.25, 0.3) is 0 Å². The Labute approximate surface area is 120 Å². The topological polar surface area (TPSA) is 36.1 Å². The van der Waals surface area contributed by atoms with Crippen molar-refractivity contribution in [1.29, 1.82) is 0 Å². The number of hydrogen-bond acceptors (Lipinski definition) is 3. The molecule has 0 fully saturated rings. The lowest BCUT2D eigenvalue weighted by Gasteiger charge is -2.06. The van der Waals surface area contributed by atoms with Gasteiger partial charge < -0.3 is 16.0 Å². The van der Waals surface area contributed by atoms with E-state index in [2.05, 4.69) is 29.8 Å². The number of hydrogen-bond donors (Lipinski definition) is 3. The Balaban J connectivity index is 0. The highest BCUT2D eigenvalue weighted by Gasteiger charge is 1.90. The summed E-state index contributed by atoms with van der Waals surface area (Å²) in [5, 5.41) is 10.4. The largest absolute Gasteiger partial charge is 0.317 e. The predicted octanol–water partition coefficient (Wildman–Crippen LogP) is 2.56. The normalized spacial score (nSPS) is 10.3. The van der Waals surface area contributed by atoms with Crippen molar-refractivity contribution in [1.82, 2.24) is 16.0 Å². The fourth-order valence-corrected chi connectivity index (χ4v) is 1.66. The SMILES string of the molecule is CCCCNCCCNCCCNCCCC.Cl. The Morgan fingerprint density at radius 1 is 0.500 bits per heavy atom. The van der Waals surface area contributed by atoms with E-state index >= 15 is 0 Å². The van der Waals surface area contributed by atoms with E-state index in [4.69, 9.17) is 0 Å². The van der Waals surface area contributed by atoms with Crippen LogP contribution in [-0.4, -0.2) is 39.3 Å². The summed E-state index contributed by atoms with van der Waals surface area (Å²) in [6, 6.07) is 0. The van der Waals surface area contributed by atoms with Crippen molar-refractivity contribution >= 4 is 12.4 Å². The van der Waals surface area contributed by atoms with Gasteiger partial charge in [-0.2, -0.15) is 0 Å². The van der Waals surface area contributed by atoms with Crippen LogP contribution >= 0.6 is 12.4 Å². The summed E-state index contributed by atoms with van der Waals surface area (Å²) in [7, 11) is 0. The number of nitrogens with one attached hydrogen (secondary N) is 3. The highest BCUT2D eigenvalue weighted by molar-refractivity contribution is 5.85. The van der Waals surface area contributed by atoms with Crippen LogP contribution < -0.4 is 16.0 Å². The number of rotatable bonds is 14. The molecule has 0 aromatic carbocycles. The van der Waals surface area contributed by atoms with Gasteiger partial charge in [0, 0.05) is 0 Å². The molecule has 0 amide bonds. The van der Waals surface area contributed by atoms with E-state index in [9.17, 15) is 0 Å². The Bertz CT molecular complexity index is 120. The average molecular weight is 280 g/mol. The Morgan fingerprint density at radius 2 is 0.778 bits per heavy atom. The molecule has 0 radical (unpaired) electrons. The first-order valence-corrected chi connectivity index (χ1v) is 7.54. The summed E-state index contributed by atoms with van der Waals surface area (Å²) in [6.07, 6.45) is 7.67. The minimum atomic E-state index is 0. The quantitative estimate of drug-likeness (QED) is 0.428. The third-order valence-electron chi connectivity index (χ3n) is 2.83. The molecule has 0 spiro atoms. The van der Waals surface area contributed by atoms with Gasteiger partial charge in [0.05, 0.1) is 0 Å². The summed E-state index contributed by atoms with van der Waals surface area (Å²) in [4.78, 5) is 0. The van der Waals surface area contributed by atoms with Crippen LogP contribution in [0.2, 0.25) is 0 Å². The minimum absolute atomic E-state index is 0. The molecule has 0 saturated carbocycles. The lowest BCUT2D eigenvalue weighted by molar-refractivity contribution is 0.555. The third kappa shape index (κ3) is 18.5. The molecule has 18 heavy (non-hydrogen) atoms. The van der Waals surface area contributed by atoms with Crippen LogP contribution in [0.3, 0.4) is 0 Å². The van der Waals surface area contributed by atoms with Crippen LogP contribution in [0.25, 0.3) is 0 Å². The fourth-order valence-electron chi connectivity index (χ4n) is 1.66. The zero-order chi connectivity index (χ0) is 12.6. The molecule has 0 heterocycles. The zero-order valence-corrected chi connectivity index (χ0v) is 13.2.